The van der Waals surface area contributed by atoms with E-state index in [9.17, 15) is 4.79 Å². The van der Waals surface area contributed by atoms with Crippen LogP contribution in [-0.2, 0) is 11.2 Å². The van der Waals surface area contributed by atoms with Gasteiger partial charge in [0.05, 0.1) is 6.07 Å². The van der Waals surface area contributed by atoms with Gasteiger partial charge in [0.2, 0.25) is 5.91 Å². The number of nitriles is 1. The molecule has 0 heterocycles. The fraction of sp³-hybridized carbons (Fsp3) is 0.429. The van der Waals surface area contributed by atoms with E-state index in [2.05, 4.69) is 27.3 Å². The molecule has 1 unspecified atom stereocenters. The summed E-state index contributed by atoms with van der Waals surface area (Å²) in [7, 11) is 0. The van der Waals surface area contributed by atoms with Gasteiger partial charge in [-0.1, -0.05) is 41.9 Å². The smallest absolute Gasteiger partial charge is 0.237 e. The second-order valence-corrected chi connectivity index (χ2v) is 5.57. The molecule has 0 aliphatic carbocycles. The minimum Gasteiger partial charge on any atom is -0.355 e. The number of hydrogen-bond acceptors (Lipinski definition) is 2. The van der Waals surface area contributed by atoms with E-state index in [1.54, 1.807) is 0 Å². The molecular formula is C14H17BrN2O. The first-order valence-electron chi connectivity index (χ1n) is 5.94. The Morgan fingerprint density at radius 1 is 1.39 bits per heavy atom. The van der Waals surface area contributed by atoms with Crippen molar-refractivity contribution >= 4 is 21.8 Å². The molecule has 0 radical (unpaired) electrons. The van der Waals surface area contributed by atoms with Crippen LogP contribution in [0, 0.1) is 23.2 Å². The summed E-state index contributed by atoms with van der Waals surface area (Å²) in [6, 6.07) is 9.73. The predicted molar refractivity (Wildman–Crippen MR) is 74.8 cm³/mol. The first-order chi connectivity index (χ1) is 8.52. The topological polar surface area (TPSA) is 52.9 Å². The van der Waals surface area contributed by atoms with Gasteiger partial charge in [0.25, 0.3) is 0 Å². The van der Waals surface area contributed by atoms with E-state index in [1.807, 2.05) is 38.1 Å². The van der Waals surface area contributed by atoms with Crippen LogP contribution in [0.1, 0.15) is 19.4 Å². The highest BCUT2D eigenvalue weighted by Crippen LogP contribution is 2.14. The van der Waals surface area contributed by atoms with E-state index in [0.717, 1.165) is 10.0 Å². The maximum atomic E-state index is 11.8. The lowest BCUT2D eigenvalue weighted by Crippen LogP contribution is -2.33. The Morgan fingerprint density at radius 3 is 2.50 bits per heavy atom. The van der Waals surface area contributed by atoms with Gasteiger partial charge in [-0.3, -0.25) is 4.79 Å². The maximum absolute atomic E-state index is 11.8. The van der Waals surface area contributed by atoms with Gasteiger partial charge in [0, 0.05) is 11.0 Å². The number of carbonyl (C=O) groups is 1. The predicted octanol–water partition coefficient (Wildman–Crippen LogP) is 2.90. The maximum Gasteiger partial charge on any atom is 0.237 e. The summed E-state index contributed by atoms with van der Waals surface area (Å²) in [5.41, 5.74) is 0.990. The monoisotopic (exact) mass is 308 g/mol. The Labute approximate surface area is 116 Å². The Bertz CT molecular complexity index is 434. The molecule has 4 heteroatoms. The van der Waals surface area contributed by atoms with Gasteiger partial charge in [0.15, 0.2) is 0 Å². The van der Waals surface area contributed by atoms with Crippen molar-refractivity contribution in [2.75, 3.05) is 6.54 Å². The molecule has 18 heavy (non-hydrogen) atoms. The molecule has 1 aromatic carbocycles. The molecule has 0 aliphatic heterocycles. The van der Waals surface area contributed by atoms with Crippen LogP contribution >= 0.6 is 15.9 Å². The highest BCUT2D eigenvalue weighted by molar-refractivity contribution is 9.10. The van der Waals surface area contributed by atoms with Crippen LogP contribution in [0.2, 0.25) is 0 Å². The zero-order chi connectivity index (χ0) is 13.5. The van der Waals surface area contributed by atoms with Crippen LogP contribution in [0.3, 0.4) is 0 Å². The van der Waals surface area contributed by atoms with Gasteiger partial charge in [0.1, 0.15) is 5.92 Å². The molecule has 0 spiro atoms. The van der Waals surface area contributed by atoms with Gasteiger partial charge < -0.3 is 5.32 Å². The molecule has 1 N–H and O–H groups in total. The van der Waals surface area contributed by atoms with Crippen molar-refractivity contribution in [3.63, 3.8) is 0 Å². The molecule has 0 bridgehead atoms. The Morgan fingerprint density at radius 2 is 2.00 bits per heavy atom. The third-order valence-corrected chi connectivity index (χ3v) is 3.04. The van der Waals surface area contributed by atoms with Crippen molar-refractivity contribution in [3.05, 3.63) is 34.3 Å². The average Bonchev–Trinajstić information content (AvgIpc) is 2.35. The number of amides is 1. The fourth-order valence-electron chi connectivity index (χ4n) is 1.48. The Kier molecular flexibility index (Phi) is 5.87. The minimum absolute atomic E-state index is 0.186. The van der Waals surface area contributed by atoms with Crippen molar-refractivity contribution < 1.29 is 4.79 Å². The van der Waals surface area contributed by atoms with E-state index in [1.165, 1.54) is 0 Å². The third kappa shape index (κ3) is 4.89. The largest absolute Gasteiger partial charge is 0.355 e. The van der Waals surface area contributed by atoms with E-state index in [0.29, 0.717) is 18.9 Å². The Balaban J connectivity index is 2.59. The standard InChI is InChI=1S/C14H17BrN2O/c1-10(2)9-17-14(18)12(8-16)7-11-3-5-13(15)6-4-11/h3-6,10,12H,7,9H2,1-2H3,(H,17,18). The summed E-state index contributed by atoms with van der Waals surface area (Å²) in [5.74, 6) is -0.417. The van der Waals surface area contributed by atoms with E-state index < -0.39 is 5.92 Å². The van der Waals surface area contributed by atoms with Crippen molar-refractivity contribution in [1.29, 1.82) is 5.26 Å². The van der Waals surface area contributed by atoms with Crippen LogP contribution in [0.4, 0.5) is 0 Å². The molecule has 0 aliphatic rings. The number of rotatable bonds is 5. The third-order valence-electron chi connectivity index (χ3n) is 2.51. The van der Waals surface area contributed by atoms with Crippen LogP contribution in [0.5, 0.6) is 0 Å². The van der Waals surface area contributed by atoms with Gasteiger partial charge in [-0.2, -0.15) is 5.26 Å². The number of hydrogen-bond donors (Lipinski definition) is 1. The normalized spacial score (nSPS) is 11.9. The van der Waals surface area contributed by atoms with Crippen LogP contribution in [0.25, 0.3) is 0 Å². The molecule has 0 saturated carbocycles. The molecule has 0 saturated heterocycles. The van der Waals surface area contributed by atoms with E-state index in [4.69, 9.17) is 5.26 Å². The molecular weight excluding hydrogens is 292 g/mol. The summed E-state index contributed by atoms with van der Waals surface area (Å²) < 4.78 is 0.990. The SMILES string of the molecule is CC(C)CNC(=O)C(C#N)Cc1ccc(Br)cc1. The number of benzene rings is 1. The molecule has 1 atom stereocenters. The fourth-order valence-corrected chi connectivity index (χ4v) is 1.75. The molecule has 1 aromatic rings. The van der Waals surface area contributed by atoms with Crippen molar-refractivity contribution in [2.24, 2.45) is 11.8 Å². The number of carbonyl (C=O) groups excluding carboxylic acids is 1. The van der Waals surface area contributed by atoms with Crippen LogP contribution in [-0.4, -0.2) is 12.5 Å². The van der Waals surface area contributed by atoms with Gasteiger partial charge in [-0.15, -0.1) is 0 Å². The number of halogens is 1. The van der Waals surface area contributed by atoms with Crippen molar-refractivity contribution in [3.8, 4) is 6.07 Å². The summed E-state index contributed by atoms with van der Waals surface area (Å²) >= 11 is 3.35. The molecule has 0 aromatic heterocycles. The van der Waals surface area contributed by atoms with Crippen molar-refractivity contribution in [1.82, 2.24) is 5.32 Å². The second kappa shape index (κ2) is 7.17. The minimum atomic E-state index is -0.620. The van der Waals surface area contributed by atoms with E-state index in [-0.39, 0.29) is 5.91 Å². The van der Waals surface area contributed by atoms with Gasteiger partial charge in [-0.05, 0) is 30.0 Å². The first kappa shape index (κ1) is 14.7. The molecule has 96 valence electrons. The summed E-state index contributed by atoms with van der Waals surface area (Å²) in [6.45, 7) is 4.66. The van der Waals surface area contributed by atoms with Gasteiger partial charge in [-0.25, -0.2) is 0 Å². The van der Waals surface area contributed by atoms with Crippen LogP contribution < -0.4 is 5.32 Å². The summed E-state index contributed by atoms with van der Waals surface area (Å²) in [6.07, 6.45) is 0.452. The zero-order valence-corrected chi connectivity index (χ0v) is 12.2. The highest BCUT2D eigenvalue weighted by Gasteiger charge is 2.18. The van der Waals surface area contributed by atoms with Crippen molar-refractivity contribution in [2.45, 2.75) is 20.3 Å². The van der Waals surface area contributed by atoms with Gasteiger partial charge >= 0.3 is 0 Å². The number of nitrogens with one attached hydrogen (secondary N) is 1. The molecule has 1 amide bonds. The molecule has 3 nitrogen and oxygen atoms in total. The summed E-state index contributed by atoms with van der Waals surface area (Å²) in [4.78, 5) is 11.8. The van der Waals surface area contributed by atoms with Crippen LogP contribution in [0.15, 0.2) is 28.7 Å². The summed E-state index contributed by atoms with van der Waals surface area (Å²) in [5, 5.41) is 11.9. The Hall–Kier alpha value is -1.34. The quantitative estimate of drug-likeness (QED) is 0.909. The second-order valence-electron chi connectivity index (χ2n) is 4.65. The lowest BCUT2D eigenvalue weighted by molar-refractivity contribution is -0.123. The lowest BCUT2D eigenvalue weighted by Gasteiger charge is -2.12. The average molecular weight is 309 g/mol. The molecule has 0 fully saturated rings. The lowest BCUT2D eigenvalue weighted by atomic mass is 10.00. The number of nitrogens with zero attached hydrogens (tertiary/aromatic N) is 1. The highest BCUT2D eigenvalue weighted by atomic mass is 79.9. The molecule has 1 rings (SSSR count). The van der Waals surface area contributed by atoms with E-state index >= 15 is 0 Å². The zero-order valence-electron chi connectivity index (χ0n) is 10.6. The first-order valence-corrected chi connectivity index (χ1v) is 6.74.